The Morgan fingerprint density at radius 3 is 2.54 bits per heavy atom. The molecule has 4 N–H and O–H groups in total. The summed E-state index contributed by atoms with van der Waals surface area (Å²) >= 11 is 0. The summed E-state index contributed by atoms with van der Waals surface area (Å²) < 4.78 is 13.0. The standard InChI is InChI=1S/C19H21FN4O2/c20-14-7-5-13(6-8-14)18(25)24-17-4-2-1-3-16(17)19(26)23-12-15-11-21-9-10-22-15/h1-8,15,21-22H,9-12H2,(H,23,26)(H,24,25). The number of amides is 2. The molecule has 26 heavy (non-hydrogen) atoms. The number of piperazine rings is 1. The van der Waals surface area contributed by atoms with Gasteiger partial charge >= 0.3 is 0 Å². The molecule has 2 aromatic rings. The molecule has 0 aromatic heterocycles. The number of para-hydroxylation sites is 1. The summed E-state index contributed by atoms with van der Waals surface area (Å²) in [6.45, 7) is 3.07. The lowest BCUT2D eigenvalue weighted by Crippen LogP contribution is -2.53. The van der Waals surface area contributed by atoms with Crippen LogP contribution in [0.25, 0.3) is 0 Å². The van der Waals surface area contributed by atoms with Crippen molar-refractivity contribution < 1.29 is 14.0 Å². The molecule has 7 heteroatoms. The zero-order chi connectivity index (χ0) is 18.4. The Labute approximate surface area is 151 Å². The molecule has 136 valence electrons. The zero-order valence-electron chi connectivity index (χ0n) is 14.2. The molecule has 6 nitrogen and oxygen atoms in total. The fourth-order valence-corrected chi connectivity index (χ4v) is 2.75. The largest absolute Gasteiger partial charge is 0.350 e. The second-order valence-electron chi connectivity index (χ2n) is 6.07. The molecule has 3 rings (SSSR count). The predicted octanol–water partition coefficient (Wildman–Crippen LogP) is 1.37. The van der Waals surface area contributed by atoms with Crippen LogP contribution in [0.5, 0.6) is 0 Å². The van der Waals surface area contributed by atoms with Gasteiger partial charge in [-0.3, -0.25) is 9.59 Å². The van der Waals surface area contributed by atoms with Gasteiger partial charge in [-0.1, -0.05) is 12.1 Å². The number of anilines is 1. The zero-order valence-corrected chi connectivity index (χ0v) is 14.2. The van der Waals surface area contributed by atoms with Crippen LogP contribution in [-0.2, 0) is 0 Å². The van der Waals surface area contributed by atoms with Crippen molar-refractivity contribution in [1.82, 2.24) is 16.0 Å². The number of carbonyl (C=O) groups excluding carboxylic acids is 2. The van der Waals surface area contributed by atoms with E-state index < -0.39 is 11.7 Å². The van der Waals surface area contributed by atoms with E-state index in [1.807, 2.05) is 0 Å². The summed E-state index contributed by atoms with van der Waals surface area (Å²) in [5.74, 6) is -1.07. The lowest BCUT2D eigenvalue weighted by Gasteiger charge is -2.24. The van der Waals surface area contributed by atoms with E-state index in [2.05, 4.69) is 21.3 Å². The highest BCUT2D eigenvalue weighted by Gasteiger charge is 2.17. The maximum Gasteiger partial charge on any atom is 0.255 e. The highest BCUT2D eigenvalue weighted by Crippen LogP contribution is 2.16. The van der Waals surface area contributed by atoms with Crippen LogP contribution in [0.2, 0.25) is 0 Å². The van der Waals surface area contributed by atoms with Crippen LogP contribution in [0.3, 0.4) is 0 Å². The normalized spacial score (nSPS) is 16.7. The number of benzene rings is 2. The van der Waals surface area contributed by atoms with E-state index in [0.29, 0.717) is 23.4 Å². The van der Waals surface area contributed by atoms with Crippen LogP contribution in [-0.4, -0.2) is 44.0 Å². The first-order valence-electron chi connectivity index (χ1n) is 8.52. The molecule has 1 heterocycles. The Morgan fingerprint density at radius 1 is 1.04 bits per heavy atom. The van der Waals surface area contributed by atoms with Crippen LogP contribution < -0.4 is 21.3 Å². The van der Waals surface area contributed by atoms with E-state index in [1.54, 1.807) is 24.3 Å². The maximum absolute atomic E-state index is 13.0. The van der Waals surface area contributed by atoms with E-state index in [0.717, 1.165) is 19.6 Å². The maximum atomic E-state index is 13.0. The third-order valence-corrected chi connectivity index (χ3v) is 4.16. The summed E-state index contributed by atoms with van der Waals surface area (Å²) in [6, 6.07) is 12.2. The lowest BCUT2D eigenvalue weighted by molar-refractivity contribution is 0.0949. The molecule has 0 spiro atoms. The van der Waals surface area contributed by atoms with Gasteiger partial charge in [0.1, 0.15) is 5.82 Å². The number of nitrogens with one attached hydrogen (secondary N) is 4. The van der Waals surface area contributed by atoms with E-state index in [9.17, 15) is 14.0 Å². The van der Waals surface area contributed by atoms with Crippen LogP contribution >= 0.6 is 0 Å². The number of halogens is 1. The van der Waals surface area contributed by atoms with Crippen molar-refractivity contribution in [2.45, 2.75) is 6.04 Å². The average molecular weight is 356 g/mol. The molecule has 1 atom stereocenters. The topological polar surface area (TPSA) is 82.3 Å². The molecule has 0 saturated carbocycles. The summed E-state index contributed by atoms with van der Waals surface area (Å²) in [4.78, 5) is 24.8. The first kappa shape index (κ1) is 18.0. The van der Waals surface area contributed by atoms with Crippen molar-refractivity contribution in [2.24, 2.45) is 0 Å². The van der Waals surface area contributed by atoms with E-state index in [1.165, 1.54) is 24.3 Å². The van der Waals surface area contributed by atoms with E-state index >= 15 is 0 Å². The van der Waals surface area contributed by atoms with Gasteiger partial charge in [-0.15, -0.1) is 0 Å². The Hall–Kier alpha value is -2.77. The molecule has 0 aliphatic carbocycles. The van der Waals surface area contributed by atoms with Crippen LogP contribution in [0.15, 0.2) is 48.5 Å². The molecule has 1 fully saturated rings. The molecule has 2 amide bonds. The van der Waals surface area contributed by atoms with Crippen molar-refractivity contribution >= 4 is 17.5 Å². The lowest BCUT2D eigenvalue weighted by atomic mass is 10.1. The molecule has 1 aliphatic heterocycles. The van der Waals surface area contributed by atoms with Crippen molar-refractivity contribution in [1.29, 1.82) is 0 Å². The van der Waals surface area contributed by atoms with E-state index in [4.69, 9.17) is 0 Å². The molecule has 1 unspecified atom stereocenters. The van der Waals surface area contributed by atoms with Gasteiger partial charge in [-0.25, -0.2) is 4.39 Å². The van der Waals surface area contributed by atoms with Crippen LogP contribution in [0, 0.1) is 5.82 Å². The van der Waals surface area contributed by atoms with Crippen molar-refractivity contribution in [3.63, 3.8) is 0 Å². The Bertz CT molecular complexity index is 773. The number of carbonyl (C=O) groups is 2. The Kier molecular flexibility index (Phi) is 5.93. The fourth-order valence-electron chi connectivity index (χ4n) is 2.75. The number of hydrogen-bond donors (Lipinski definition) is 4. The Morgan fingerprint density at radius 2 is 1.81 bits per heavy atom. The minimum absolute atomic E-state index is 0.175. The highest BCUT2D eigenvalue weighted by molar-refractivity contribution is 6.08. The Balaban J connectivity index is 1.66. The summed E-state index contributed by atoms with van der Waals surface area (Å²) in [5, 5.41) is 12.2. The summed E-state index contributed by atoms with van der Waals surface area (Å²) in [7, 11) is 0. The molecule has 2 aromatic carbocycles. The van der Waals surface area contributed by atoms with Crippen LogP contribution in [0.4, 0.5) is 10.1 Å². The van der Waals surface area contributed by atoms with Crippen molar-refractivity contribution in [2.75, 3.05) is 31.5 Å². The molecule has 0 bridgehead atoms. The summed E-state index contributed by atoms with van der Waals surface area (Å²) in [6.07, 6.45) is 0. The number of hydrogen-bond acceptors (Lipinski definition) is 4. The first-order chi connectivity index (χ1) is 12.6. The van der Waals surface area contributed by atoms with Crippen LogP contribution in [0.1, 0.15) is 20.7 Å². The second kappa shape index (κ2) is 8.55. The minimum Gasteiger partial charge on any atom is -0.350 e. The SMILES string of the molecule is O=C(Nc1ccccc1C(=O)NCC1CNCCN1)c1ccc(F)cc1. The third kappa shape index (κ3) is 4.65. The van der Waals surface area contributed by atoms with Gasteiger partial charge in [0.25, 0.3) is 11.8 Å². The predicted molar refractivity (Wildman–Crippen MR) is 97.8 cm³/mol. The van der Waals surface area contributed by atoms with Crippen molar-refractivity contribution in [3.8, 4) is 0 Å². The minimum atomic E-state index is -0.410. The second-order valence-corrected chi connectivity index (χ2v) is 6.07. The third-order valence-electron chi connectivity index (χ3n) is 4.16. The van der Waals surface area contributed by atoms with Gasteiger partial charge < -0.3 is 21.3 Å². The highest BCUT2D eigenvalue weighted by atomic mass is 19.1. The van der Waals surface area contributed by atoms with Gasteiger partial charge in [-0.05, 0) is 36.4 Å². The van der Waals surface area contributed by atoms with Gasteiger partial charge in [0, 0.05) is 37.8 Å². The summed E-state index contributed by atoms with van der Waals surface area (Å²) in [5.41, 5.74) is 1.11. The molecule has 1 saturated heterocycles. The fraction of sp³-hybridized carbons (Fsp3) is 0.263. The van der Waals surface area contributed by atoms with Gasteiger partial charge in [0.05, 0.1) is 11.3 Å². The van der Waals surface area contributed by atoms with Gasteiger partial charge in [-0.2, -0.15) is 0 Å². The first-order valence-corrected chi connectivity index (χ1v) is 8.52. The average Bonchev–Trinajstić information content (AvgIpc) is 2.68. The molecule has 0 radical (unpaired) electrons. The van der Waals surface area contributed by atoms with Gasteiger partial charge in [0.2, 0.25) is 0 Å². The van der Waals surface area contributed by atoms with Gasteiger partial charge in [0.15, 0.2) is 0 Å². The smallest absolute Gasteiger partial charge is 0.255 e. The molecular weight excluding hydrogens is 335 g/mol. The molecular formula is C19H21FN4O2. The van der Waals surface area contributed by atoms with Crippen molar-refractivity contribution in [3.05, 3.63) is 65.5 Å². The quantitative estimate of drug-likeness (QED) is 0.652. The number of rotatable bonds is 5. The molecule has 1 aliphatic rings. The monoisotopic (exact) mass is 356 g/mol. The van der Waals surface area contributed by atoms with E-state index in [-0.39, 0.29) is 11.9 Å².